The van der Waals surface area contributed by atoms with Crippen molar-refractivity contribution in [2.24, 2.45) is 88.0 Å². The fourth-order valence-electron chi connectivity index (χ4n) is 13.2. The van der Waals surface area contributed by atoms with Crippen molar-refractivity contribution in [1.82, 2.24) is 74.4 Å². The lowest BCUT2D eigenvalue weighted by molar-refractivity contribution is -0.156. The third-order valence-corrected chi connectivity index (χ3v) is 20.4. The average molecular weight is 2000 g/mol. The van der Waals surface area contributed by atoms with Gasteiger partial charge in [0.1, 0.15) is 122 Å². The number of carbonyl (C=O) groups excluding carboxylic acids is 20. The highest BCUT2D eigenvalue weighted by molar-refractivity contribution is 6.00. The third-order valence-electron chi connectivity index (χ3n) is 20.4. The summed E-state index contributed by atoms with van der Waals surface area (Å²) in [7, 11) is 0. The lowest BCUT2D eigenvalue weighted by Crippen LogP contribution is -2.61. The van der Waals surface area contributed by atoms with Gasteiger partial charge in [-0.15, -0.1) is 0 Å². The first-order valence-electron chi connectivity index (χ1n) is 48.4. The van der Waals surface area contributed by atoms with Crippen LogP contribution in [0.2, 0.25) is 0 Å². The van der Waals surface area contributed by atoms with Gasteiger partial charge in [0, 0.05) is 12.8 Å². The second-order valence-electron chi connectivity index (χ2n) is 40.1. The molecule has 0 spiro atoms. The summed E-state index contributed by atoms with van der Waals surface area (Å²) >= 11 is 0. The van der Waals surface area contributed by atoms with Gasteiger partial charge in [0.25, 0.3) is 0 Å². The molecular formula is C100H194N18O22. The van der Waals surface area contributed by atoms with E-state index in [0.29, 0.717) is 37.2 Å². The molecule has 2 rings (SSSR count). The van der Waals surface area contributed by atoms with Crippen LogP contribution in [0.5, 0.6) is 0 Å². The first-order valence-corrected chi connectivity index (χ1v) is 48.4. The van der Waals surface area contributed by atoms with Gasteiger partial charge in [-0.2, -0.15) is 0 Å². The molecule has 0 aromatic heterocycles. The summed E-state index contributed by atoms with van der Waals surface area (Å²) in [4.78, 5) is 255. The number of hydrogen-bond donors (Lipinski definition) is 18. The molecule has 0 radical (unpaired) electrons. The zero-order chi connectivity index (χ0) is 106. The number of amides is 14. The fraction of sp³-hybridized carbons (Fsp3) is 0.800. The molecule has 40 nitrogen and oxygen atoms in total. The van der Waals surface area contributed by atoms with Crippen LogP contribution < -0.4 is 97.4 Å². The SMILES string of the molecule is C.C.C.C.CC(C)C[C@H](N)C=O.CC(C)C[C@H](N)C=O.CCC(C)CC(=O)N[C@@H]1C(=O)N[C@@H](C)C(=O)NC(CC(C)C)C(=O)NC(CC(C)C)C(=O)NC(CC(C)C)C(=O)NC(CC(C)C)C(=O)N[C@@H](C)C(=O)O[C@@H]1C.CCCC(=O)N[C@@H]1C(=O)N[C@@H](C)C(=O)NC(CC(C)C)C(=O)NC(CC(C)C)C(=O)NC(CC(C)C)C(=O)NC(CC(C)C)C(=O)N[C@@H](C)C(=O)O[C@@H]1C.C[C@H](N)C=O.C[C@H](N)C=O. The quantitative estimate of drug-likeness (QED) is 0.0277. The van der Waals surface area contributed by atoms with Crippen molar-refractivity contribution in [3.05, 3.63) is 0 Å². The molecule has 816 valence electrons. The predicted octanol–water partition coefficient (Wildman–Crippen LogP) is 6.06. The van der Waals surface area contributed by atoms with Gasteiger partial charge in [0.2, 0.25) is 82.7 Å². The molecule has 140 heavy (non-hydrogen) atoms. The Kier molecular flexibility index (Phi) is 80.7. The number of esters is 2. The molecule has 40 heteroatoms. The number of rotatable bonds is 31. The zero-order valence-corrected chi connectivity index (χ0v) is 87.4. The molecule has 2 aliphatic heterocycles. The van der Waals surface area contributed by atoms with E-state index in [-0.39, 0.29) is 171 Å². The Morgan fingerprint density at radius 1 is 0.293 bits per heavy atom. The van der Waals surface area contributed by atoms with Gasteiger partial charge in [-0.1, -0.05) is 195 Å². The minimum atomic E-state index is -1.43. The first-order chi connectivity index (χ1) is 62.9. The van der Waals surface area contributed by atoms with E-state index >= 15 is 0 Å². The van der Waals surface area contributed by atoms with Crippen LogP contribution in [0.3, 0.4) is 0 Å². The topological polar surface area (TPSA) is 632 Å². The zero-order valence-electron chi connectivity index (χ0n) is 87.4. The van der Waals surface area contributed by atoms with Gasteiger partial charge in [-0.05, 0) is 191 Å². The second-order valence-corrected chi connectivity index (χ2v) is 40.1. The number of aldehydes is 4. The standard InChI is InChI=1S/C40H71N7O9.C38H67N7O9.2C6H13NO.2C3H7NO.4CH4/c1-14-24(10)19-32(48)47-33-27(13)56-40(55)26(12)42-35(50)28(15-20(2)3)44-37(52)30(17-22(6)7)46-38(53)31(18-23(8)9)45-36(51)29(16-21(4)5)43-34(49)25(11)41-39(33)54;1-13-14-30(46)45-31-25(12)54-38(53)24(11)40-33(48)26(15-19(2)3)42-35(50)28(17-21(6)7)44-36(51)29(18-22(8)9)43-34(49)27(16-20(4)5)41-32(47)23(10)39-37(31)52;2*1-5(2)3-6(7)4-8;2*1-3(4)2-5;;;;/h20-31,33H,14-19H2,1-13H3,(H,41,54)(H,42,50)(H,43,49)(H,44,52)(H,45,51)(H,46,53)(H,47,48);19-29,31H,13-18H2,1-12H3,(H,39,52)(H,40,48)(H,41,47)(H,42,50)(H,43,49)(H,44,51)(H,45,46);2*4-6H,3,7H2,1-2H3;2*2-3H,4H2,1H3;4*1H4/t24?,25-,26-,27+,28?,29?,30?,31?,33-;23-,24-,25+,26?,27?,28?,29?,31-;2*6-;2*3-;;;;/m000000..../s1. The van der Waals surface area contributed by atoms with Crippen molar-refractivity contribution in [2.45, 2.75) is 455 Å². The molecule has 2 aliphatic rings. The molecule has 22 N–H and O–H groups in total. The van der Waals surface area contributed by atoms with Gasteiger partial charge < -0.3 is 126 Å². The molecule has 0 aliphatic carbocycles. The normalized spacial score (nSPS) is 24.2. The summed E-state index contributed by atoms with van der Waals surface area (Å²) in [5, 5.41) is 37.5. The van der Waals surface area contributed by atoms with Crippen molar-refractivity contribution in [3.8, 4) is 0 Å². The van der Waals surface area contributed by atoms with E-state index in [1.54, 1.807) is 20.8 Å². The Hall–Kier alpha value is -9.96. The van der Waals surface area contributed by atoms with Crippen LogP contribution in [0.1, 0.15) is 334 Å². The number of cyclic esters (lactones) is 2. The van der Waals surface area contributed by atoms with Crippen LogP contribution in [-0.4, -0.2) is 241 Å². The first kappa shape index (κ1) is 145. The number of carbonyl (C=O) groups is 20. The Morgan fingerprint density at radius 3 is 0.657 bits per heavy atom. The Labute approximate surface area is 838 Å². The van der Waals surface area contributed by atoms with Crippen molar-refractivity contribution < 1.29 is 105 Å². The van der Waals surface area contributed by atoms with Gasteiger partial charge in [-0.25, -0.2) is 9.59 Å². The molecule has 2 fully saturated rings. The van der Waals surface area contributed by atoms with Crippen LogP contribution in [0, 0.1) is 65.1 Å². The molecule has 0 aromatic carbocycles. The van der Waals surface area contributed by atoms with Crippen molar-refractivity contribution in [1.29, 1.82) is 0 Å². The monoisotopic (exact) mass is 2000 g/mol. The Bertz CT molecular complexity index is 3660. The van der Waals surface area contributed by atoms with E-state index in [9.17, 15) is 95.9 Å². The molecule has 14 amide bonds. The van der Waals surface area contributed by atoms with Crippen LogP contribution in [0.25, 0.3) is 0 Å². The summed E-state index contributed by atoms with van der Waals surface area (Å²) < 4.78 is 11.2. The molecule has 0 bridgehead atoms. The number of hydrogen-bond acceptors (Lipinski definition) is 26. The van der Waals surface area contributed by atoms with Gasteiger partial charge in [0.05, 0.1) is 24.2 Å². The Balaban J connectivity index is -0.000000321. The van der Waals surface area contributed by atoms with E-state index in [1.807, 2.05) is 152 Å². The maximum Gasteiger partial charge on any atom is 0.328 e. The average Bonchev–Trinajstić information content (AvgIpc) is 0.840. The minimum Gasteiger partial charge on any atom is -0.458 e. The van der Waals surface area contributed by atoms with E-state index in [0.717, 1.165) is 25.4 Å². The molecule has 21 atom stereocenters. The van der Waals surface area contributed by atoms with Gasteiger partial charge >= 0.3 is 11.9 Å². The molecule has 9 unspecified atom stereocenters. The van der Waals surface area contributed by atoms with Crippen LogP contribution in [-0.2, 0) is 105 Å². The highest BCUT2D eigenvalue weighted by Crippen LogP contribution is 2.19. The summed E-state index contributed by atoms with van der Waals surface area (Å²) in [5.74, 6) is -10.3. The highest BCUT2D eigenvalue weighted by Gasteiger charge is 2.41. The summed E-state index contributed by atoms with van der Waals surface area (Å²) in [5.41, 5.74) is 20.5. The van der Waals surface area contributed by atoms with Crippen LogP contribution >= 0.6 is 0 Å². The molecule has 2 heterocycles. The fourth-order valence-corrected chi connectivity index (χ4v) is 13.2. The number of ether oxygens (including phenoxy) is 2. The molecular weight excluding hydrogens is 1810 g/mol. The summed E-state index contributed by atoms with van der Waals surface area (Å²) in [6.45, 7) is 55.3. The molecule has 0 saturated carbocycles. The van der Waals surface area contributed by atoms with Crippen molar-refractivity contribution >= 4 is 120 Å². The Morgan fingerprint density at radius 2 is 0.486 bits per heavy atom. The maximum atomic E-state index is 13.9. The smallest absolute Gasteiger partial charge is 0.328 e. The van der Waals surface area contributed by atoms with E-state index < -0.39 is 191 Å². The number of nitrogens with one attached hydrogen (secondary N) is 14. The van der Waals surface area contributed by atoms with E-state index in [2.05, 4.69) is 74.4 Å². The summed E-state index contributed by atoms with van der Waals surface area (Å²) in [6.07, 6.45) is 5.11. The van der Waals surface area contributed by atoms with Crippen molar-refractivity contribution in [3.63, 3.8) is 0 Å². The van der Waals surface area contributed by atoms with Crippen LogP contribution in [0.4, 0.5) is 0 Å². The van der Waals surface area contributed by atoms with E-state index in [4.69, 9.17) is 32.4 Å². The summed E-state index contributed by atoms with van der Waals surface area (Å²) in [6, 6.07) is -17.5. The minimum absolute atomic E-state index is 0. The largest absolute Gasteiger partial charge is 0.458 e. The van der Waals surface area contributed by atoms with Crippen molar-refractivity contribution in [2.75, 3.05) is 0 Å². The predicted molar refractivity (Wildman–Crippen MR) is 549 cm³/mol. The molecule has 2 saturated heterocycles. The lowest BCUT2D eigenvalue weighted by atomic mass is 9.98. The maximum absolute atomic E-state index is 13.9. The third kappa shape index (κ3) is 67.4. The molecule has 0 aromatic rings. The van der Waals surface area contributed by atoms with Gasteiger partial charge in [0.15, 0.2) is 0 Å². The van der Waals surface area contributed by atoms with Gasteiger partial charge in [-0.3, -0.25) is 67.1 Å². The van der Waals surface area contributed by atoms with E-state index in [1.165, 1.54) is 41.5 Å². The second kappa shape index (κ2) is 77.7. The lowest BCUT2D eigenvalue weighted by Gasteiger charge is -2.30. The number of nitrogens with two attached hydrogens (primary N) is 4. The highest BCUT2D eigenvalue weighted by atomic mass is 16.6. The van der Waals surface area contributed by atoms with Crippen LogP contribution in [0.15, 0.2) is 0 Å².